The predicted molar refractivity (Wildman–Crippen MR) is 96.5 cm³/mol. The van der Waals surface area contributed by atoms with Gasteiger partial charge in [0.05, 0.1) is 19.0 Å². The zero-order chi connectivity index (χ0) is 19.9. The van der Waals surface area contributed by atoms with Crippen molar-refractivity contribution in [3.05, 3.63) is 66.0 Å². The molecular formula is C18H17F2N5O3. The summed E-state index contributed by atoms with van der Waals surface area (Å²) in [5.74, 6) is 0.0339. The Morgan fingerprint density at radius 3 is 2.68 bits per heavy atom. The van der Waals surface area contributed by atoms with Gasteiger partial charge in [0.1, 0.15) is 5.69 Å². The molecule has 8 nitrogen and oxygen atoms in total. The van der Waals surface area contributed by atoms with Crippen LogP contribution in [-0.4, -0.2) is 34.6 Å². The Morgan fingerprint density at radius 1 is 1.18 bits per heavy atom. The molecule has 0 radical (unpaired) electrons. The van der Waals surface area contributed by atoms with E-state index < -0.39 is 6.61 Å². The first-order valence-corrected chi connectivity index (χ1v) is 8.12. The van der Waals surface area contributed by atoms with Crippen molar-refractivity contribution in [2.45, 2.75) is 13.2 Å². The van der Waals surface area contributed by atoms with E-state index in [0.29, 0.717) is 11.3 Å². The molecule has 1 aromatic heterocycles. The number of halogens is 2. The number of nitrogens with two attached hydrogens (primary N) is 1. The maximum Gasteiger partial charge on any atom is 0.387 e. The SMILES string of the molecule is COc1cc(/C(N)=N/OCc2cnn(-c3ccccc3)n2)ccc1OC(F)F. The first-order valence-electron chi connectivity index (χ1n) is 8.12. The van der Waals surface area contributed by atoms with E-state index in [1.807, 2.05) is 30.3 Å². The number of alkyl halides is 2. The molecule has 0 aliphatic heterocycles. The maximum absolute atomic E-state index is 12.4. The van der Waals surface area contributed by atoms with E-state index in [1.54, 1.807) is 6.20 Å². The van der Waals surface area contributed by atoms with Crippen molar-refractivity contribution in [1.29, 1.82) is 0 Å². The van der Waals surface area contributed by atoms with Gasteiger partial charge in [-0.1, -0.05) is 23.4 Å². The molecule has 0 aliphatic carbocycles. The van der Waals surface area contributed by atoms with Crippen LogP contribution in [0.5, 0.6) is 11.5 Å². The summed E-state index contributed by atoms with van der Waals surface area (Å²) in [6, 6.07) is 13.6. The van der Waals surface area contributed by atoms with Crippen molar-refractivity contribution >= 4 is 5.84 Å². The summed E-state index contributed by atoms with van der Waals surface area (Å²) in [5.41, 5.74) is 7.66. The van der Waals surface area contributed by atoms with E-state index in [1.165, 1.54) is 30.1 Å². The van der Waals surface area contributed by atoms with Crippen molar-refractivity contribution in [3.63, 3.8) is 0 Å². The minimum Gasteiger partial charge on any atom is -0.493 e. The van der Waals surface area contributed by atoms with Crippen molar-refractivity contribution in [1.82, 2.24) is 15.0 Å². The van der Waals surface area contributed by atoms with Gasteiger partial charge < -0.3 is 20.0 Å². The van der Waals surface area contributed by atoms with E-state index in [2.05, 4.69) is 20.1 Å². The number of aromatic nitrogens is 3. The summed E-state index contributed by atoms with van der Waals surface area (Å²) >= 11 is 0. The Bertz CT molecular complexity index is 947. The van der Waals surface area contributed by atoms with Crippen LogP contribution in [0.3, 0.4) is 0 Å². The second-order valence-corrected chi connectivity index (χ2v) is 5.46. The van der Waals surface area contributed by atoms with Crippen LogP contribution in [-0.2, 0) is 11.4 Å². The summed E-state index contributed by atoms with van der Waals surface area (Å²) < 4.78 is 34.1. The molecule has 0 saturated carbocycles. The number of oxime groups is 1. The van der Waals surface area contributed by atoms with Gasteiger partial charge in [-0.25, -0.2) is 0 Å². The Morgan fingerprint density at radius 2 is 1.96 bits per heavy atom. The van der Waals surface area contributed by atoms with Gasteiger partial charge in [0.25, 0.3) is 0 Å². The molecular weight excluding hydrogens is 372 g/mol. The van der Waals surface area contributed by atoms with E-state index in [0.717, 1.165) is 5.69 Å². The van der Waals surface area contributed by atoms with Crippen molar-refractivity contribution in [2.24, 2.45) is 10.9 Å². The lowest BCUT2D eigenvalue weighted by molar-refractivity contribution is -0.0512. The number of ether oxygens (including phenoxy) is 2. The minimum atomic E-state index is -2.96. The molecule has 0 amide bonds. The smallest absolute Gasteiger partial charge is 0.387 e. The quantitative estimate of drug-likeness (QED) is 0.361. The highest BCUT2D eigenvalue weighted by Crippen LogP contribution is 2.29. The largest absolute Gasteiger partial charge is 0.493 e. The molecule has 10 heteroatoms. The predicted octanol–water partition coefficient (Wildman–Crippen LogP) is 2.71. The van der Waals surface area contributed by atoms with Crippen LogP contribution in [0.2, 0.25) is 0 Å². The fourth-order valence-corrected chi connectivity index (χ4v) is 2.29. The van der Waals surface area contributed by atoms with Crippen LogP contribution in [0.1, 0.15) is 11.3 Å². The van der Waals surface area contributed by atoms with Crippen LogP contribution < -0.4 is 15.2 Å². The van der Waals surface area contributed by atoms with Crippen LogP contribution in [0.25, 0.3) is 5.69 Å². The van der Waals surface area contributed by atoms with Crippen LogP contribution in [0.15, 0.2) is 59.9 Å². The fourth-order valence-electron chi connectivity index (χ4n) is 2.29. The summed E-state index contributed by atoms with van der Waals surface area (Å²) in [5, 5.41) is 12.2. The Balaban J connectivity index is 1.64. The molecule has 28 heavy (non-hydrogen) atoms. The van der Waals surface area contributed by atoms with E-state index in [9.17, 15) is 8.78 Å². The maximum atomic E-state index is 12.4. The van der Waals surface area contributed by atoms with Gasteiger partial charge in [0.15, 0.2) is 23.9 Å². The summed E-state index contributed by atoms with van der Waals surface area (Å²) in [6.45, 7) is -2.91. The Hall–Kier alpha value is -3.69. The van der Waals surface area contributed by atoms with Gasteiger partial charge in [-0.05, 0) is 30.3 Å². The highest BCUT2D eigenvalue weighted by molar-refractivity contribution is 5.97. The molecule has 1 heterocycles. The zero-order valence-corrected chi connectivity index (χ0v) is 14.8. The first kappa shape index (κ1) is 19.1. The van der Waals surface area contributed by atoms with Crippen molar-refractivity contribution in [3.8, 4) is 17.2 Å². The van der Waals surface area contributed by atoms with Crippen LogP contribution >= 0.6 is 0 Å². The Labute approximate surface area is 159 Å². The third-order valence-electron chi connectivity index (χ3n) is 3.58. The lowest BCUT2D eigenvalue weighted by atomic mass is 10.2. The molecule has 3 aromatic rings. The molecule has 146 valence electrons. The van der Waals surface area contributed by atoms with Gasteiger partial charge in [-0.15, -0.1) is 5.10 Å². The molecule has 0 fully saturated rings. The van der Waals surface area contributed by atoms with E-state index >= 15 is 0 Å². The van der Waals surface area contributed by atoms with E-state index in [-0.39, 0.29) is 23.9 Å². The van der Waals surface area contributed by atoms with Gasteiger partial charge in [0.2, 0.25) is 0 Å². The number of benzene rings is 2. The molecule has 0 spiro atoms. The third kappa shape index (κ3) is 4.72. The van der Waals surface area contributed by atoms with Crippen LogP contribution in [0.4, 0.5) is 8.78 Å². The van der Waals surface area contributed by atoms with E-state index in [4.69, 9.17) is 15.3 Å². The number of para-hydroxylation sites is 1. The van der Waals surface area contributed by atoms with Gasteiger partial charge in [-0.2, -0.15) is 18.7 Å². The molecule has 0 saturated heterocycles. The lowest BCUT2D eigenvalue weighted by Gasteiger charge is -2.11. The number of amidine groups is 1. The molecule has 0 atom stereocenters. The molecule has 0 aliphatic rings. The number of hydrogen-bond acceptors (Lipinski definition) is 6. The summed E-state index contributed by atoms with van der Waals surface area (Å²) in [6.07, 6.45) is 1.55. The molecule has 3 rings (SSSR count). The van der Waals surface area contributed by atoms with Crippen molar-refractivity contribution in [2.75, 3.05) is 7.11 Å². The molecule has 0 unspecified atom stereocenters. The zero-order valence-electron chi connectivity index (χ0n) is 14.8. The average Bonchev–Trinajstić information content (AvgIpc) is 3.17. The second kappa shape index (κ2) is 8.80. The topological polar surface area (TPSA) is 96.8 Å². The molecule has 0 bridgehead atoms. The number of hydrogen-bond donors (Lipinski definition) is 1. The van der Waals surface area contributed by atoms with Gasteiger partial charge in [0, 0.05) is 5.56 Å². The second-order valence-electron chi connectivity index (χ2n) is 5.46. The van der Waals surface area contributed by atoms with Gasteiger partial charge in [-0.3, -0.25) is 0 Å². The molecule has 2 aromatic carbocycles. The monoisotopic (exact) mass is 389 g/mol. The summed E-state index contributed by atoms with van der Waals surface area (Å²) in [7, 11) is 1.33. The first-order chi connectivity index (χ1) is 13.6. The fraction of sp³-hybridized carbons (Fsp3) is 0.167. The highest BCUT2D eigenvalue weighted by atomic mass is 19.3. The molecule has 2 N–H and O–H groups in total. The lowest BCUT2D eigenvalue weighted by Crippen LogP contribution is -2.14. The van der Waals surface area contributed by atoms with Crippen molar-refractivity contribution < 1.29 is 23.1 Å². The third-order valence-corrected chi connectivity index (χ3v) is 3.58. The normalized spacial score (nSPS) is 11.5. The summed E-state index contributed by atoms with van der Waals surface area (Å²) in [4.78, 5) is 6.68. The standard InChI is InChI=1S/C18H17F2N5O3/c1-26-16-9-12(7-8-15(16)28-18(19)20)17(21)24-27-11-13-10-22-25(23-13)14-5-3-2-4-6-14/h2-10,18H,11H2,1H3,(H2,21,24). The minimum absolute atomic E-state index is 0.0392. The Kier molecular flexibility index (Phi) is 6.00. The van der Waals surface area contributed by atoms with Gasteiger partial charge >= 0.3 is 6.61 Å². The highest BCUT2D eigenvalue weighted by Gasteiger charge is 2.12. The number of nitrogens with zero attached hydrogens (tertiary/aromatic N) is 4. The average molecular weight is 389 g/mol. The number of rotatable bonds is 8. The number of methoxy groups -OCH3 is 1. The van der Waals surface area contributed by atoms with Crippen LogP contribution in [0, 0.1) is 0 Å².